The van der Waals surface area contributed by atoms with Gasteiger partial charge >= 0.3 is 0 Å². The summed E-state index contributed by atoms with van der Waals surface area (Å²) in [5.41, 5.74) is 16.6. The maximum Gasteiger partial charge on any atom is 0.137 e. The Bertz CT molecular complexity index is 3840. The molecule has 13 aromatic rings. The molecule has 0 saturated heterocycles. The predicted octanol–water partition coefficient (Wildman–Crippen LogP) is 15.2. The average molecular weight is 943 g/mol. The highest BCUT2D eigenvalue weighted by Gasteiger charge is 2.20. The molecule has 0 fully saturated rings. The summed E-state index contributed by atoms with van der Waals surface area (Å²) in [6, 6.07) is 49.7. The largest absolute Gasteiger partial charge is 0.457 e. The summed E-state index contributed by atoms with van der Waals surface area (Å²) in [6.45, 7) is 4.17. The fourth-order valence-corrected chi connectivity index (χ4v) is 10.4. The van der Waals surface area contributed by atoms with Gasteiger partial charge in [0.1, 0.15) is 34.6 Å². The van der Waals surface area contributed by atoms with Crippen molar-refractivity contribution in [3.05, 3.63) is 203 Å². The number of rotatable bonds is 10. The van der Waals surface area contributed by atoms with E-state index in [9.17, 15) is 0 Å². The molecule has 0 atom stereocenters. The lowest BCUT2D eigenvalue weighted by Gasteiger charge is -2.14. The fraction of sp³-hybridized carbons (Fsp3) is 0.0345. The molecule has 6 aromatic carbocycles. The van der Waals surface area contributed by atoms with Crippen LogP contribution in [0.3, 0.4) is 0 Å². The molecule has 7 heterocycles. The van der Waals surface area contributed by atoms with Gasteiger partial charge in [-0.15, -0.1) is 22.7 Å². The van der Waals surface area contributed by atoms with Crippen molar-refractivity contribution in [2.45, 2.75) is 13.8 Å². The van der Waals surface area contributed by atoms with Gasteiger partial charge in [-0.2, -0.15) is 0 Å². The molecule has 334 valence electrons. The van der Waals surface area contributed by atoms with E-state index in [0.717, 1.165) is 100 Å². The Labute approximate surface area is 409 Å². The van der Waals surface area contributed by atoms with Gasteiger partial charge in [0.15, 0.2) is 0 Å². The second-order valence-corrected chi connectivity index (χ2v) is 18.5. The van der Waals surface area contributed by atoms with Crippen molar-refractivity contribution in [1.29, 1.82) is 0 Å². The second kappa shape index (κ2) is 17.0. The molecule has 0 aliphatic heterocycles. The number of thiazole rings is 2. The number of nitrogens with zero attached hydrogens (tertiary/aromatic N) is 8. The van der Waals surface area contributed by atoms with Crippen LogP contribution < -0.4 is 9.47 Å². The van der Waals surface area contributed by atoms with Gasteiger partial charge in [-0.05, 0) is 110 Å². The minimum absolute atomic E-state index is 0.651. The van der Waals surface area contributed by atoms with Crippen molar-refractivity contribution in [3.63, 3.8) is 0 Å². The Hall–Kier alpha value is -8.84. The molecule has 10 nitrogen and oxygen atoms in total. The quantitative estimate of drug-likeness (QED) is 0.133. The van der Waals surface area contributed by atoms with Gasteiger partial charge in [0.25, 0.3) is 0 Å². The van der Waals surface area contributed by atoms with E-state index in [2.05, 4.69) is 118 Å². The molecule has 70 heavy (non-hydrogen) atoms. The molecule has 0 aliphatic carbocycles. The molecule has 7 aromatic heterocycles. The zero-order chi connectivity index (χ0) is 46.7. The van der Waals surface area contributed by atoms with Gasteiger partial charge in [-0.25, -0.2) is 19.9 Å². The maximum absolute atomic E-state index is 6.84. The first-order valence-corrected chi connectivity index (χ1v) is 24.5. The first-order valence-electron chi connectivity index (χ1n) is 22.7. The van der Waals surface area contributed by atoms with Gasteiger partial charge in [-0.1, -0.05) is 48.5 Å². The Morgan fingerprint density at radius 1 is 0.400 bits per heavy atom. The van der Waals surface area contributed by atoms with Crippen LogP contribution in [0.15, 0.2) is 192 Å². The summed E-state index contributed by atoms with van der Waals surface area (Å²) < 4.78 is 18.1. The summed E-state index contributed by atoms with van der Waals surface area (Å²) in [6.07, 6.45) is 7.31. The third kappa shape index (κ3) is 7.34. The smallest absolute Gasteiger partial charge is 0.137 e. The average Bonchev–Trinajstić information content (AvgIpc) is 4.23. The van der Waals surface area contributed by atoms with Crippen LogP contribution in [0, 0.1) is 13.8 Å². The number of benzene rings is 6. The van der Waals surface area contributed by atoms with E-state index in [1.165, 1.54) is 0 Å². The predicted molar refractivity (Wildman–Crippen MR) is 282 cm³/mol. The lowest BCUT2D eigenvalue weighted by atomic mass is 10.0. The molecule has 0 unspecified atom stereocenters. The van der Waals surface area contributed by atoms with Gasteiger partial charge in [-0.3, -0.25) is 19.1 Å². The fourth-order valence-electron chi connectivity index (χ4n) is 9.33. The third-order valence-electron chi connectivity index (χ3n) is 12.6. The monoisotopic (exact) mass is 942 g/mol. The van der Waals surface area contributed by atoms with Gasteiger partial charge in [0, 0.05) is 79.1 Å². The third-order valence-corrected chi connectivity index (χ3v) is 13.8. The van der Waals surface area contributed by atoms with E-state index >= 15 is 0 Å². The van der Waals surface area contributed by atoms with Crippen LogP contribution in [0.4, 0.5) is 0 Å². The first kappa shape index (κ1) is 41.4. The Kier molecular flexibility index (Phi) is 10.1. The van der Waals surface area contributed by atoms with Crippen LogP contribution >= 0.6 is 22.7 Å². The van der Waals surface area contributed by atoms with Crippen LogP contribution in [0.1, 0.15) is 11.1 Å². The zero-order valence-electron chi connectivity index (χ0n) is 37.7. The van der Waals surface area contributed by atoms with Gasteiger partial charge in [0.2, 0.25) is 0 Å². The molecule has 12 heteroatoms. The van der Waals surface area contributed by atoms with Crippen molar-refractivity contribution in [2.24, 2.45) is 0 Å². The summed E-state index contributed by atoms with van der Waals surface area (Å²) in [5.74, 6) is 4.37. The van der Waals surface area contributed by atoms with Crippen LogP contribution in [0.2, 0.25) is 0 Å². The topological polar surface area (TPSA) is 106 Å². The molecule has 13 rings (SSSR count). The Morgan fingerprint density at radius 3 is 1.29 bits per heavy atom. The van der Waals surface area contributed by atoms with E-state index in [0.29, 0.717) is 34.4 Å². The Morgan fingerprint density at radius 2 is 0.857 bits per heavy atom. The van der Waals surface area contributed by atoms with E-state index in [4.69, 9.17) is 29.4 Å². The summed E-state index contributed by atoms with van der Waals surface area (Å²) in [7, 11) is 0. The van der Waals surface area contributed by atoms with E-state index in [1.54, 1.807) is 35.1 Å². The van der Waals surface area contributed by atoms with E-state index in [-0.39, 0.29) is 0 Å². The molecule has 0 amide bonds. The maximum atomic E-state index is 6.84. The van der Waals surface area contributed by atoms with E-state index < -0.39 is 0 Å². The van der Waals surface area contributed by atoms with Crippen LogP contribution in [0.5, 0.6) is 23.0 Å². The van der Waals surface area contributed by atoms with E-state index in [1.807, 2.05) is 94.8 Å². The van der Waals surface area contributed by atoms with Crippen LogP contribution in [0.25, 0.3) is 100 Å². The minimum atomic E-state index is 0.651. The highest BCUT2D eigenvalue weighted by molar-refractivity contribution is 7.08. The van der Waals surface area contributed by atoms with Crippen molar-refractivity contribution in [3.8, 4) is 79.7 Å². The van der Waals surface area contributed by atoms with Gasteiger partial charge in [0.05, 0.1) is 68.3 Å². The van der Waals surface area contributed by atoms with Crippen molar-refractivity contribution < 1.29 is 9.47 Å². The van der Waals surface area contributed by atoms with Crippen LogP contribution in [-0.2, 0) is 0 Å². The van der Waals surface area contributed by atoms with Crippen molar-refractivity contribution in [2.75, 3.05) is 0 Å². The number of para-hydroxylation sites is 2. The normalized spacial score (nSPS) is 11.6. The number of pyridine rings is 2. The molecular weight excluding hydrogens is 905 g/mol. The highest BCUT2D eigenvalue weighted by Crippen LogP contribution is 2.42. The molecular formula is C58H38N8O2S2. The summed E-state index contributed by atoms with van der Waals surface area (Å²) in [4.78, 5) is 28.8. The molecule has 0 bridgehead atoms. The molecule has 0 saturated carbocycles. The molecule has 0 spiro atoms. The molecule has 0 N–H and O–H groups in total. The first-order chi connectivity index (χ1) is 34.5. The number of ether oxygens (including phenoxy) is 2. The number of hydrogen-bond donors (Lipinski definition) is 0. The molecule has 0 radical (unpaired) electrons. The summed E-state index contributed by atoms with van der Waals surface area (Å²) in [5, 5.41) is 8.58. The SMILES string of the molecule is Cc1ccnc(-n2c3ccccc3c3ccc(Oc4cc(-c5cnc(-c6ccc(-c7cscn7)c(Oc7ccc8c9ccccc9n(-c9cc(C)ccn9)c8c7)c6)cn5)ccc4-c4cscn4)cc32)c1. The highest BCUT2D eigenvalue weighted by atomic mass is 32.1. The minimum Gasteiger partial charge on any atom is -0.457 e. The second-order valence-electron chi connectivity index (χ2n) is 17.1. The van der Waals surface area contributed by atoms with Crippen molar-refractivity contribution in [1.82, 2.24) is 39.0 Å². The lowest BCUT2D eigenvalue weighted by Crippen LogP contribution is -1.98. The zero-order valence-corrected chi connectivity index (χ0v) is 39.3. The Balaban J connectivity index is 0.846. The number of fused-ring (bicyclic) bond motifs is 6. The molecule has 0 aliphatic rings. The number of hydrogen-bond acceptors (Lipinski definition) is 10. The van der Waals surface area contributed by atoms with Crippen molar-refractivity contribution >= 4 is 66.3 Å². The summed E-state index contributed by atoms with van der Waals surface area (Å²) >= 11 is 3.08. The van der Waals surface area contributed by atoms with Gasteiger partial charge < -0.3 is 9.47 Å². The number of aromatic nitrogens is 8. The number of aryl methyl sites for hydroxylation is 2. The lowest BCUT2D eigenvalue weighted by molar-refractivity contribution is 0.485. The van der Waals surface area contributed by atoms with Crippen LogP contribution in [-0.4, -0.2) is 39.0 Å². The standard InChI is InChI=1S/C58H38N8O2S2/c1-35-19-21-59-57(23-35)65-51-9-5-3-7-41(51)43-17-13-39(27-53(43)65)67-55-25-37(11-15-45(55)49-31-69-33-63-49)47-29-62-48(30-61-47)38-12-16-46(50-32-70-34-64-50)56(26-38)68-40-14-18-44-42-8-4-6-10-52(42)66(54(44)28-40)58-24-36(2)20-22-60-58/h3-34H,1-2H3.